The Labute approximate surface area is 129 Å². The molecule has 0 aliphatic carbocycles. The molecular formula is C15H20N2O4S. The minimum atomic E-state index is -3.58. The molecule has 0 saturated carbocycles. The van der Waals surface area contributed by atoms with E-state index >= 15 is 0 Å². The third-order valence-electron chi connectivity index (χ3n) is 4.45. The molecule has 7 heteroatoms. The Balaban J connectivity index is 2.12. The summed E-state index contributed by atoms with van der Waals surface area (Å²) in [5, 5.41) is 0. The van der Waals surface area contributed by atoms with Crippen molar-refractivity contribution >= 4 is 21.1 Å². The molecule has 2 atom stereocenters. The maximum Gasteiger partial charge on any atom is 0.419 e. The Morgan fingerprint density at radius 3 is 2.45 bits per heavy atom. The van der Waals surface area contributed by atoms with E-state index in [1.165, 1.54) is 16.7 Å². The molecule has 1 aromatic heterocycles. The second kappa shape index (κ2) is 5.24. The van der Waals surface area contributed by atoms with Crippen LogP contribution in [0.2, 0.25) is 0 Å². The average molecular weight is 324 g/mol. The lowest BCUT2D eigenvalue weighted by Gasteiger charge is -2.37. The number of benzene rings is 1. The summed E-state index contributed by atoms with van der Waals surface area (Å²) in [6.07, 6.45) is 2.79. The summed E-state index contributed by atoms with van der Waals surface area (Å²) in [6.45, 7) is 3.89. The molecule has 1 aliphatic rings. The van der Waals surface area contributed by atoms with Crippen molar-refractivity contribution < 1.29 is 12.8 Å². The van der Waals surface area contributed by atoms with E-state index < -0.39 is 15.8 Å². The van der Waals surface area contributed by atoms with Gasteiger partial charge in [-0.1, -0.05) is 6.42 Å². The minimum absolute atomic E-state index is 0.0161. The molecular weight excluding hydrogens is 304 g/mol. The molecule has 0 radical (unpaired) electrons. The maximum absolute atomic E-state index is 13.0. The van der Waals surface area contributed by atoms with Gasteiger partial charge in [-0.05, 0) is 44.9 Å². The molecule has 0 N–H and O–H groups in total. The lowest BCUT2D eigenvalue weighted by molar-refractivity contribution is 0.204. The van der Waals surface area contributed by atoms with Gasteiger partial charge in [0.2, 0.25) is 10.0 Å². The van der Waals surface area contributed by atoms with E-state index in [0.29, 0.717) is 11.1 Å². The Kier molecular flexibility index (Phi) is 3.65. The van der Waals surface area contributed by atoms with Crippen molar-refractivity contribution in [2.75, 3.05) is 0 Å². The second-order valence-electron chi connectivity index (χ2n) is 6.02. The summed E-state index contributed by atoms with van der Waals surface area (Å²) < 4.78 is 33.9. The summed E-state index contributed by atoms with van der Waals surface area (Å²) in [6, 6.07) is 4.54. The first kappa shape index (κ1) is 15.3. The number of hydrogen-bond acceptors (Lipinski definition) is 4. The molecule has 2 heterocycles. The second-order valence-corrected chi connectivity index (χ2v) is 7.86. The Hall–Kier alpha value is -1.60. The smallest absolute Gasteiger partial charge is 0.408 e. The molecule has 2 unspecified atom stereocenters. The van der Waals surface area contributed by atoms with Gasteiger partial charge in [0, 0.05) is 19.1 Å². The van der Waals surface area contributed by atoms with Gasteiger partial charge in [0.25, 0.3) is 0 Å². The summed E-state index contributed by atoms with van der Waals surface area (Å²) >= 11 is 0. The molecule has 22 heavy (non-hydrogen) atoms. The van der Waals surface area contributed by atoms with Crippen LogP contribution in [0.3, 0.4) is 0 Å². The highest BCUT2D eigenvalue weighted by atomic mass is 32.2. The molecule has 0 bridgehead atoms. The van der Waals surface area contributed by atoms with Crippen molar-refractivity contribution in [2.45, 2.75) is 50.1 Å². The van der Waals surface area contributed by atoms with Crippen LogP contribution in [0.1, 0.15) is 33.1 Å². The van der Waals surface area contributed by atoms with Crippen LogP contribution in [0.25, 0.3) is 11.1 Å². The van der Waals surface area contributed by atoms with Gasteiger partial charge in [0.05, 0.1) is 10.4 Å². The Morgan fingerprint density at radius 1 is 1.18 bits per heavy atom. The standard InChI is InChI=1S/C15H20N2O4S/c1-10-5-4-6-11(2)17(10)22(19,20)12-7-8-14-13(9-12)16(3)15(18)21-14/h7-11H,4-6H2,1-3H3. The van der Waals surface area contributed by atoms with E-state index in [1.807, 2.05) is 13.8 Å². The Bertz CT molecular complexity index is 855. The van der Waals surface area contributed by atoms with E-state index in [1.54, 1.807) is 17.4 Å². The summed E-state index contributed by atoms with van der Waals surface area (Å²) in [5.41, 5.74) is 0.884. The van der Waals surface area contributed by atoms with Crippen LogP contribution >= 0.6 is 0 Å². The summed E-state index contributed by atoms with van der Waals surface area (Å²) in [5.74, 6) is -0.496. The number of hydrogen-bond donors (Lipinski definition) is 0. The van der Waals surface area contributed by atoms with Crippen LogP contribution in [0, 0.1) is 0 Å². The fourth-order valence-electron chi connectivity index (χ4n) is 3.26. The lowest BCUT2D eigenvalue weighted by Crippen LogP contribution is -2.47. The highest BCUT2D eigenvalue weighted by Gasteiger charge is 2.35. The van der Waals surface area contributed by atoms with Crippen LogP contribution in [0.15, 0.2) is 32.3 Å². The topological polar surface area (TPSA) is 72.5 Å². The van der Waals surface area contributed by atoms with Crippen LogP contribution in [0.5, 0.6) is 0 Å². The largest absolute Gasteiger partial charge is 0.419 e. The van der Waals surface area contributed by atoms with Crippen molar-refractivity contribution in [3.8, 4) is 0 Å². The van der Waals surface area contributed by atoms with E-state index in [-0.39, 0.29) is 17.0 Å². The van der Waals surface area contributed by atoms with E-state index in [0.717, 1.165) is 19.3 Å². The van der Waals surface area contributed by atoms with Gasteiger partial charge in [-0.2, -0.15) is 4.31 Å². The first-order valence-electron chi connectivity index (χ1n) is 7.45. The zero-order valence-corrected chi connectivity index (χ0v) is 13.8. The van der Waals surface area contributed by atoms with Gasteiger partial charge in [-0.15, -0.1) is 0 Å². The van der Waals surface area contributed by atoms with Crippen molar-refractivity contribution in [3.63, 3.8) is 0 Å². The highest BCUT2D eigenvalue weighted by molar-refractivity contribution is 7.89. The minimum Gasteiger partial charge on any atom is -0.408 e. The number of oxazole rings is 1. The van der Waals surface area contributed by atoms with Crippen LogP contribution in [-0.2, 0) is 17.1 Å². The molecule has 0 spiro atoms. The average Bonchev–Trinajstić information content (AvgIpc) is 2.73. The number of sulfonamides is 1. The van der Waals surface area contributed by atoms with Crippen LogP contribution in [-0.4, -0.2) is 29.4 Å². The molecule has 6 nitrogen and oxygen atoms in total. The van der Waals surface area contributed by atoms with Crippen molar-refractivity contribution in [3.05, 3.63) is 28.7 Å². The first-order chi connectivity index (χ1) is 10.3. The van der Waals surface area contributed by atoms with Gasteiger partial charge < -0.3 is 4.42 Å². The van der Waals surface area contributed by atoms with Gasteiger partial charge in [0.1, 0.15) is 0 Å². The van der Waals surface area contributed by atoms with Gasteiger partial charge >= 0.3 is 5.76 Å². The number of aromatic nitrogens is 1. The predicted molar refractivity (Wildman–Crippen MR) is 83.3 cm³/mol. The molecule has 1 saturated heterocycles. The van der Waals surface area contributed by atoms with Gasteiger partial charge in [0.15, 0.2) is 5.58 Å². The SMILES string of the molecule is CC1CCCC(C)N1S(=O)(=O)c1ccc2oc(=O)n(C)c2c1. The molecule has 0 amide bonds. The summed E-state index contributed by atoms with van der Waals surface area (Å²) in [7, 11) is -2.02. The maximum atomic E-state index is 13.0. The first-order valence-corrected chi connectivity index (χ1v) is 8.89. The van der Waals surface area contributed by atoms with Crippen molar-refractivity contribution in [1.82, 2.24) is 8.87 Å². The van der Waals surface area contributed by atoms with E-state index in [4.69, 9.17) is 4.42 Å². The molecule has 1 fully saturated rings. The third kappa shape index (κ3) is 2.28. The molecule has 120 valence electrons. The predicted octanol–water partition coefficient (Wildman–Crippen LogP) is 2.08. The zero-order valence-electron chi connectivity index (χ0n) is 12.9. The number of piperidine rings is 1. The van der Waals surface area contributed by atoms with Crippen molar-refractivity contribution in [2.24, 2.45) is 7.05 Å². The number of fused-ring (bicyclic) bond motifs is 1. The van der Waals surface area contributed by atoms with E-state index in [2.05, 4.69) is 0 Å². The van der Waals surface area contributed by atoms with Crippen LogP contribution < -0.4 is 5.76 Å². The lowest BCUT2D eigenvalue weighted by atomic mass is 10.0. The number of nitrogens with zero attached hydrogens (tertiary/aromatic N) is 2. The van der Waals surface area contributed by atoms with E-state index in [9.17, 15) is 13.2 Å². The van der Waals surface area contributed by atoms with Gasteiger partial charge in [-0.3, -0.25) is 4.57 Å². The summed E-state index contributed by atoms with van der Waals surface area (Å²) in [4.78, 5) is 11.7. The fraction of sp³-hybridized carbons (Fsp3) is 0.533. The quantitative estimate of drug-likeness (QED) is 0.848. The number of rotatable bonds is 2. The van der Waals surface area contributed by atoms with Crippen molar-refractivity contribution in [1.29, 1.82) is 0 Å². The van der Waals surface area contributed by atoms with Crippen LogP contribution in [0.4, 0.5) is 0 Å². The monoisotopic (exact) mass is 324 g/mol. The highest BCUT2D eigenvalue weighted by Crippen LogP contribution is 2.30. The normalized spacial score (nSPS) is 24.0. The molecule has 3 rings (SSSR count). The molecule has 2 aromatic rings. The Morgan fingerprint density at radius 2 is 1.82 bits per heavy atom. The molecule has 1 aromatic carbocycles. The number of aryl methyl sites for hydroxylation is 1. The third-order valence-corrected chi connectivity index (χ3v) is 6.58. The van der Waals surface area contributed by atoms with Gasteiger partial charge in [-0.25, -0.2) is 13.2 Å². The molecule has 1 aliphatic heterocycles. The fourth-order valence-corrected chi connectivity index (χ4v) is 5.16. The zero-order chi connectivity index (χ0) is 16.1.